The Balaban J connectivity index is 3.70. The molecule has 0 aromatic rings. The van der Waals surface area contributed by atoms with Crippen LogP contribution in [0, 0.1) is 11.8 Å². The zero-order valence-corrected chi connectivity index (χ0v) is 7.58. The van der Waals surface area contributed by atoms with E-state index < -0.39 is 0 Å². The average Bonchev–Trinajstić information content (AvgIpc) is 2.02. The Kier molecular flexibility index (Phi) is 5.46. The van der Waals surface area contributed by atoms with E-state index in [2.05, 4.69) is 0 Å². The summed E-state index contributed by atoms with van der Waals surface area (Å²) in [5, 5.41) is 9.56. The van der Waals surface area contributed by atoms with E-state index in [4.69, 9.17) is 10.5 Å². The van der Waals surface area contributed by atoms with Crippen molar-refractivity contribution < 1.29 is 9.84 Å². The van der Waals surface area contributed by atoms with Gasteiger partial charge in [0, 0.05) is 13.0 Å². The van der Waals surface area contributed by atoms with E-state index >= 15 is 0 Å². The van der Waals surface area contributed by atoms with Crippen molar-refractivity contribution in [1.82, 2.24) is 0 Å². The van der Waals surface area contributed by atoms with Crippen LogP contribution in [0.5, 0.6) is 0 Å². The summed E-state index contributed by atoms with van der Waals surface area (Å²) in [5.74, 6) is 0.318. The summed E-state index contributed by atoms with van der Waals surface area (Å²) in [6.45, 7) is 5.01. The van der Waals surface area contributed by atoms with Crippen molar-refractivity contribution >= 4 is 0 Å². The first kappa shape index (κ1) is 10.9. The van der Waals surface area contributed by atoms with Crippen LogP contribution < -0.4 is 5.73 Å². The van der Waals surface area contributed by atoms with Gasteiger partial charge in [-0.3, -0.25) is 0 Å². The maximum absolute atomic E-state index is 9.56. The molecule has 0 amide bonds. The van der Waals surface area contributed by atoms with Crippen LogP contribution in [-0.2, 0) is 4.74 Å². The number of hydrogen-bond donors (Lipinski definition) is 2. The van der Waals surface area contributed by atoms with Gasteiger partial charge in [0.1, 0.15) is 0 Å². The normalized spacial score (nSPS) is 19.4. The largest absolute Gasteiger partial charge is 0.392 e. The number of rotatable bonds is 5. The Morgan fingerprint density at radius 1 is 1.36 bits per heavy atom. The molecule has 0 aromatic carbocycles. The van der Waals surface area contributed by atoms with Crippen molar-refractivity contribution in [2.75, 3.05) is 20.3 Å². The molecule has 0 aliphatic carbocycles. The molecule has 68 valence electrons. The molecule has 0 aliphatic rings. The molecule has 0 spiro atoms. The van der Waals surface area contributed by atoms with Gasteiger partial charge in [-0.1, -0.05) is 13.8 Å². The molecular weight excluding hydrogens is 142 g/mol. The Labute approximate surface area is 68.5 Å². The van der Waals surface area contributed by atoms with Crippen molar-refractivity contribution in [2.24, 2.45) is 17.6 Å². The minimum Gasteiger partial charge on any atom is -0.392 e. The highest BCUT2D eigenvalue weighted by Gasteiger charge is 2.19. The van der Waals surface area contributed by atoms with E-state index in [0.29, 0.717) is 13.2 Å². The van der Waals surface area contributed by atoms with Crippen molar-refractivity contribution in [3.63, 3.8) is 0 Å². The van der Waals surface area contributed by atoms with E-state index in [9.17, 15) is 5.11 Å². The van der Waals surface area contributed by atoms with Crippen LogP contribution in [0.25, 0.3) is 0 Å². The smallest absolute Gasteiger partial charge is 0.0625 e. The van der Waals surface area contributed by atoms with Crippen molar-refractivity contribution in [2.45, 2.75) is 20.0 Å². The Morgan fingerprint density at radius 3 is 2.27 bits per heavy atom. The molecular formula is C8H19NO2. The zero-order valence-electron chi connectivity index (χ0n) is 7.58. The van der Waals surface area contributed by atoms with Gasteiger partial charge in [0.25, 0.3) is 0 Å². The first-order chi connectivity index (χ1) is 5.13. The molecule has 0 rings (SSSR count). The molecule has 0 aliphatic heterocycles. The molecule has 3 nitrogen and oxygen atoms in total. The van der Waals surface area contributed by atoms with E-state index in [1.165, 1.54) is 0 Å². The highest BCUT2D eigenvalue weighted by atomic mass is 16.5. The van der Waals surface area contributed by atoms with Crippen LogP contribution in [0.4, 0.5) is 0 Å². The predicted octanol–water partition coefficient (Wildman–Crippen LogP) is 0.225. The maximum atomic E-state index is 9.56. The van der Waals surface area contributed by atoms with E-state index in [-0.39, 0.29) is 17.9 Å². The lowest BCUT2D eigenvalue weighted by Crippen LogP contribution is -2.32. The lowest BCUT2D eigenvalue weighted by Gasteiger charge is -2.22. The van der Waals surface area contributed by atoms with E-state index in [1.807, 2.05) is 13.8 Å². The fraction of sp³-hybridized carbons (Fsp3) is 1.00. The van der Waals surface area contributed by atoms with Crippen LogP contribution in [0.1, 0.15) is 13.8 Å². The molecule has 0 radical (unpaired) electrons. The fourth-order valence-corrected chi connectivity index (χ4v) is 1.06. The molecule has 0 bridgehead atoms. The summed E-state index contributed by atoms with van der Waals surface area (Å²) in [6.07, 6.45) is -0.347. The number of hydrogen-bond acceptors (Lipinski definition) is 3. The predicted molar refractivity (Wildman–Crippen MR) is 45.3 cm³/mol. The quantitative estimate of drug-likeness (QED) is 0.606. The summed E-state index contributed by atoms with van der Waals surface area (Å²) in [5.41, 5.74) is 5.41. The number of nitrogens with two attached hydrogens (primary N) is 1. The van der Waals surface area contributed by atoms with Gasteiger partial charge in [0.05, 0.1) is 12.7 Å². The third-order valence-electron chi connectivity index (χ3n) is 1.97. The average molecular weight is 161 g/mol. The Bertz CT molecular complexity index is 98.1. The van der Waals surface area contributed by atoms with Gasteiger partial charge in [-0.15, -0.1) is 0 Å². The van der Waals surface area contributed by atoms with Crippen LogP contribution in [0.3, 0.4) is 0 Å². The van der Waals surface area contributed by atoms with Gasteiger partial charge < -0.3 is 15.6 Å². The summed E-state index contributed by atoms with van der Waals surface area (Å²) >= 11 is 0. The number of methoxy groups -OCH3 is 1. The lowest BCUT2D eigenvalue weighted by atomic mass is 9.94. The molecule has 0 heterocycles. The van der Waals surface area contributed by atoms with Gasteiger partial charge in [-0.05, 0) is 12.5 Å². The maximum Gasteiger partial charge on any atom is 0.0625 e. The Morgan fingerprint density at radius 2 is 1.91 bits per heavy atom. The molecule has 0 saturated heterocycles. The number of aliphatic hydroxyl groups is 1. The third kappa shape index (κ3) is 3.70. The van der Waals surface area contributed by atoms with Gasteiger partial charge in [0.15, 0.2) is 0 Å². The second-order valence-corrected chi connectivity index (χ2v) is 3.14. The lowest BCUT2D eigenvalue weighted by molar-refractivity contribution is 0.0260. The van der Waals surface area contributed by atoms with Crippen molar-refractivity contribution in [3.05, 3.63) is 0 Å². The summed E-state index contributed by atoms with van der Waals surface area (Å²) in [4.78, 5) is 0. The first-order valence-corrected chi connectivity index (χ1v) is 4.00. The van der Waals surface area contributed by atoms with Gasteiger partial charge in [0.2, 0.25) is 0 Å². The van der Waals surface area contributed by atoms with Crippen LogP contribution in [0.15, 0.2) is 0 Å². The van der Waals surface area contributed by atoms with Crippen molar-refractivity contribution in [3.8, 4) is 0 Å². The SMILES string of the molecule is COCC(C)C(O)C(C)CN. The molecule has 3 atom stereocenters. The van der Waals surface area contributed by atoms with E-state index in [1.54, 1.807) is 7.11 Å². The fourth-order valence-electron chi connectivity index (χ4n) is 1.06. The zero-order chi connectivity index (χ0) is 8.85. The molecule has 0 saturated carbocycles. The molecule has 11 heavy (non-hydrogen) atoms. The summed E-state index contributed by atoms with van der Waals surface area (Å²) in [7, 11) is 1.64. The van der Waals surface area contributed by atoms with Crippen LogP contribution in [-0.4, -0.2) is 31.5 Å². The molecule has 3 unspecified atom stereocenters. The highest BCUT2D eigenvalue weighted by molar-refractivity contribution is 4.70. The minimum absolute atomic E-state index is 0.153. The number of ether oxygens (including phenoxy) is 1. The second kappa shape index (κ2) is 5.52. The van der Waals surface area contributed by atoms with Gasteiger partial charge in [-0.2, -0.15) is 0 Å². The third-order valence-corrected chi connectivity index (χ3v) is 1.97. The first-order valence-electron chi connectivity index (χ1n) is 4.00. The minimum atomic E-state index is -0.347. The van der Waals surface area contributed by atoms with Crippen LogP contribution >= 0.6 is 0 Å². The van der Waals surface area contributed by atoms with Gasteiger partial charge in [-0.25, -0.2) is 0 Å². The van der Waals surface area contributed by atoms with Crippen molar-refractivity contribution in [1.29, 1.82) is 0 Å². The van der Waals surface area contributed by atoms with Crippen LogP contribution in [0.2, 0.25) is 0 Å². The molecule has 3 heteroatoms. The Hall–Kier alpha value is -0.120. The topological polar surface area (TPSA) is 55.5 Å². The monoisotopic (exact) mass is 161 g/mol. The standard InChI is InChI=1S/C8H19NO2/c1-6(4-9)8(10)7(2)5-11-3/h6-8,10H,4-5,9H2,1-3H3. The van der Waals surface area contributed by atoms with Gasteiger partial charge >= 0.3 is 0 Å². The second-order valence-electron chi connectivity index (χ2n) is 3.14. The molecule has 3 N–H and O–H groups in total. The molecule has 0 fully saturated rings. The van der Waals surface area contributed by atoms with E-state index in [0.717, 1.165) is 0 Å². The summed E-state index contributed by atoms with van der Waals surface area (Å²) < 4.78 is 4.92. The summed E-state index contributed by atoms with van der Waals surface area (Å²) in [6, 6.07) is 0. The highest BCUT2D eigenvalue weighted by Crippen LogP contribution is 2.11. The molecule has 0 aromatic heterocycles. The number of aliphatic hydroxyl groups excluding tert-OH is 1.